The van der Waals surface area contributed by atoms with Gasteiger partial charge < -0.3 is 5.32 Å². The first-order valence-corrected chi connectivity index (χ1v) is 6.19. The smallest absolute Gasteiger partial charge is 0.343 e. The Morgan fingerprint density at radius 1 is 1.37 bits per heavy atom. The molecule has 19 heavy (non-hydrogen) atoms. The fourth-order valence-corrected chi connectivity index (χ4v) is 2.38. The summed E-state index contributed by atoms with van der Waals surface area (Å²) in [5, 5.41) is 17.9. The highest BCUT2D eigenvalue weighted by Crippen LogP contribution is 2.29. The minimum absolute atomic E-state index is 0.270. The maximum Gasteiger partial charge on any atom is 0.343 e. The molecule has 0 aromatic carbocycles. The van der Waals surface area contributed by atoms with E-state index in [-0.39, 0.29) is 5.69 Å². The monoisotopic (exact) mass is 278 g/mol. The normalized spacial score (nSPS) is 11.1. The molecule has 0 bridgehead atoms. The summed E-state index contributed by atoms with van der Waals surface area (Å²) >= 11 is 1.27. The van der Waals surface area contributed by atoms with Gasteiger partial charge >= 0.3 is 5.69 Å². The highest BCUT2D eigenvalue weighted by molar-refractivity contribution is 7.99. The molecular weight excluding hydrogens is 268 g/mol. The van der Waals surface area contributed by atoms with Gasteiger partial charge in [-0.2, -0.15) is 10.1 Å². The number of aromatic nitrogens is 7. The third kappa shape index (κ3) is 1.95. The summed E-state index contributed by atoms with van der Waals surface area (Å²) in [6, 6.07) is 0. The van der Waals surface area contributed by atoms with Crippen molar-refractivity contribution >= 4 is 28.7 Å². The zero-order valence-corrected chi connectivity index (χ0v) is 10.9. The van der Waals surface area contributed by atoms with Crippen LogP contribution in [0.1, 0.15) is 0 Å². The number of anilines is 1. The van der Waals surface area contributed by atoms with Crippen LogP contribution in [-0.4, -0.2) is 42.0 Å². The lowest BCUT2D eigenvalue weighted by molar-refractivity contribution is 0.765. The number of nitrogens with zero attached hydrogens (tertiary/aromatic N) is 5. The zero-order valence-electron chi connectivity index (χ0n) is 10.1. The Hall–Kier alpha value is -2.36. The minimum Gasteiger partial charge on any atom is -0.357 e. The van der Waals surface area contributed by atoms with Gasteiger partial charge in [0.1, 0.15) is 5.03 Å². The summed E-state index contributed by atoms with van der Waals surface area (Å²) < 4.78 is 1.41. The lowest BCUT2D eigenvalue weighted by atomic mass is 10.4. The second-order valence-electron chi connectivity index (χ2n) is 3.71. The summed E-state index contributed by atoms with van der Waals surface area (Å²) in [6.07, 6.45) is 1.64. The average molecular weight is 278 g/mol. The van der Waals surface area contributed by atoms with Crippen molar-refractivity contribution in [2.75, 3.05) is 12.4 Å². The Morgan fingerprint density at radius 2 is 2.21 bits per heavy atom. The lowest BCUT2D eigenvalue weighted by Crippen LogP contribution is -2.12. The molecule has 0 spiro atoms. The SMILES string of the molecule is CNc1nc(Sc2n[nH]c(=O)n2C)c2cn[nH]c2n1. The van der Waals surface area contributed by atoms with Gasteiger partial charge in [0, 0.05) is 14.1 Å². The number of H-pyrrole nitrogens is 2. The predicted octanol–water partition coefficient (Wildman–Crippen LogP) is -0.0324. The van der Waals surface area contributed by atoms with Gasteiger partial charge in [-0.25, -0.2) is 14.9 Å². The van der Waals surface area contributed by atoms with E-state index in [0.717, 1.165) is 5.39 Å². The maximum absolute atomic E-state index is 11.3. The van der Waals surface area contributed by atoms with Crippen LogP contribution in [0.15, 0.2) is 21.2 Å². The first kappa shape index (κ1) is 11.7. The van der Waals surface area contributed by atoms with Gasteiger partial charge in [0.15, 0.2) is 10.8 Å². The highest BCUT2D eigenvalue weighted by Gasteiger charge is 2.13. The van der Waals surface area contributed by atoms with Crippen LogP contribution < -0.4 is 11.0 Å². The number of hydrogen-bond acceptors (Lipinski definition) is 7. The Labute approximate surface area is 110 Å². The van der Waals surface area contributed by atoms with E-state index in [0.29, 0.717) is 21.8 Å². The molecule has 3 rings (SSSR count). The number of rotatable bonds is 3. The van der Waals surface area contributed by atoms with Gasteiger partial charge in [0.25, 0.3) is 0 Å². The lowest BCUT2D eigenvalue weighted by Gasteiger charge is -2.03. The molecule has 3 N–H and O–H groups in total. The van der Waals surface area contributed by atoms with Crippen LogP contribution in [0.5, 0.6) is 0 Å². The molecule has 0 aliphatic rings. The molecule has 3 heterocycles. The van der Waals surface area contributed by atoms with Crippen LogP contribution >= 0.6 is 11.8 Å². The van der Waals surface area contributed by atoms with Crippen molar-refractivity contribution in [3.63, 3.8) is 0 Å². The van der Waals surface area contributed by atoms with E-state index in [1.54, 1.807) is 20.3 Å². The standard InChI is InChI=1S/C9H10N8OS/c1-10-7-12-5-4(3-11-14-5)6(13-7)19-9-16-15-8(18)17(9)2/h3H,1-2H3,(H,15,18)(H2,10,11,12,13,14). The van der Waals surface area contributed by atoms with Crippen molar-refractivity contribution in [2.24, 2.45) is 7.05 Å². The second kappa shape index (κ2) is 4.39. The Bertz CT molecular complexity index is 787. The Balaban J connectivity index is 2.11. The molecular formula is C9H10N8OS. The molecule has 10 heteroatoms. The summed E-state index contributed by atoms with van der Waals surface area (Å²) in [4.78, 5) is 19.9. The number of fused-ring (bicyclic) bond motifs is 1. The topological polar surface area (TPSA) is 117 Å². The molecule has 0 saturated heterocycles. The number of hydrogen-bond donors (Lipinski definition) is 3. The van der Waals surface area contributed by atoms with Gasteiger partial charge in [-0.3, -0.25) is 9.67 Å². The van der Waals surface area contributed by atoms with E-state index >= 15 is 0 Å². The Morgan fingerprint density at radius 3 is 2.89 bits per heavy atom. The van der Waals surface area contributed by atoms with Crippen LogP contribution in [-0.2, 0) is 7.05 Å². The molecule has 0 radical (unpaired) electrons. The molecule has 0 unspecified atom stereocenters. The van der Waals surface area contributed by atoms with Crippen molar-refractivity contribution < 1.29 is 0 Å². The van der Waals surface area contributed by atoms with E-state index in [4.69, 9.17) is 0 Å². The predicted molar refractivity (Wildman–Crippen MR) is 69.2 cm³/mol. The first-order valence-electron chi connectivity index (χ1n) is 5.37. The molecule has 0 aliphatic carbocycles. The van der Waals surface area contributed by atoms with Crippen LogP contribution in [0.2, 0.25) is 0 Å². The Kier molecular flexibility index (Phi) is 2.71. The van der Waals surface area contributed by atoms with Gasteiger partial charge in [-0.05, 0) is 11.8 Å². The average Bonchev–Trinajstić information content (AvgIpc) is 3.00. The van der Waals surface area contributed by atoms with Crippen LogP contribution in [0.4, 0.5) is 5.95 Å². The summed E-state index contributed by atoms with van der Waals surface area (Å²) in [5.41, 5.74) is 0.358. The van der Waals surface area contributed by atoms with Crippen molar-refractivity contribution in [1.29, 1.82) is 0 Å². The van der Waals surface area contributed by atoms with Crippen molar-refractivity contribution in [3.05, 3.63) is 16.7 Å². The maximum atomic E-state index is 11.3. The fourth-order valence-electron chi connectivity index (χ4n) is 1.51. The zero-order chi connectivity index (χ0) is 13.4. The summed E-state index contributed by atoms with van der Waals surface area (Å²) in [6.45, 7) is 0. The van der Waals surface area contributed by atoms with Crippen LogP contribution in [0.25, 0.3) is 11.0 Å². The molecule has 0 saturated carbocycles. The quantitative estimate of drug-likeness (QED) is 0.576. The van der Waals surface area contributed by atoms with Crippen molar-refractivity contribution in [3.8, 4) is 0 Å². The van der Waals surface area contributed by atoms with E-state index in [2.05, 4.69) is 35.7 Å². The van der Waals surface area contributed by atoms with Crippen molar-refractivity contribution in [1.82, 2.24) is 34.9 Å². The van der Waals surface area contributed by atoms with E-state index in [1.165, 1.54) is 16.3 Å². The number of nitrogens with one attached hydrogen (secondary N) is 3. The second-order valence-corrected chi connectivity index (χ2v) is 4.66. The van der Waals surface area contributed by atoms with Gasteiger partial charge in [0.2, 0.25) is 5.95 Å². The summed E-state index contributed by atoms with van der Waals surface area (Å²) in [7, 11) is 3.37. The van der Waals surface area contributed by atoms with E-state index in [1.807, 2.05) is 0 Å². The van der Waals surface area contributed by atoms with Crippen LogP contribution in [0, 0.1) is 0 Å². The molecule has 3 aromatic heterocycles. The first-order chi connectivity index (χ1) is 9.19. The molecule has 0 fully saturated rings. The van der Waals surface area contributed by atoms with Gasteiger partial charge in [-0.1, -0.05) is 0 Å². The van der Waals surface area contributed by atoms with Crippen LogP contribution in [0.3, 0.4) is 0 Å². The largest absolute Gasteiger partial charge is 0.357 e. The van der Waals surface area contributed by atoms with Gasteiger partial charge in [-0.15, -0.1) is 5.10 Å². The molecule has 3 aromatic rings. The highest BCUT2D eigenvalue weighted by atomic mass is 32.2. The number of aromatic amines is 2. The third-order valence-electron chi connectivity index (χ3n) is 2.53. The fraction of sp³-hybridized carbons (Fsp3) is 0.222. The molecule has 0 amide bonds. The minimum atomic E-state index is -0.270. The third-order valence-corrected chi connectivity index (χ3v) is 3.58. The van der Waals surface area contributed by atoms with Gasteiger partial charge in [0.05, 0.1) is 11.6 Å². The molecule has 0 atom stereocenters. The van der Waals surface area contributed by atoms with E-state index < -0.39 is 0 Å². The van der Waals surface area contributed by atoms with E-state index in [9.17, 15) is 4.79 Å². The molecule has 0 aliphatic heterocycles. The molecule has 98 valence electrons. The van der Waals surface area contributed by atoms with Crippen molar-refractivity contribution in [2.45, 2.75) is 10.2 Å². The molecule has 9 nitrogen and oxygen atoms in total. The summed E-state index contributed by atoms with van der Waals surface area (Å²) in [5.74, 6) is 0.472.